The lowest BCUT2D eigenvalue weighted by Crippen LogP contribution is -2.05. The second kappa shape index (κ2) is 14.7. The summed E-state index contributed by atoms with van der Waals surface area (Å²) in [7, 11) is 0. The fourth-order valence-corrected chi connectivity index (χ4v) is 6.79. The van der Waals surface area contributed by atoms with Gasteiger partial charge in [0.25, 0.3) is 0 Å². The topological polar surface area (TPSA) is 58.9 Å². The van der Waals surface area contributed by atoms with Crippen LogP contribution in [0.5, 0.6) is 11.5 Å². The van der Waals surface area contributed by atoms with Crippen molar-refractivity contribution in [1.29, 1.82) is 0 Å². The van der Waals surface area contributed by atoms with Gasteiger partial charge in [0.2, 0.25) is 0 Å². The molecule has 8 aromatic carbocycles. The SMILES string of the molecule is OCCOc1ccc2cc(C#Cc3cccc4ccccc34)ccc2c1-c1c(OCCO)ccc2cc(C#Cc3cccc4ccccc34)ccc12. The standard InChI is InChI=1S/C48H34O4/c49-27-29-51-45-25-21-39-31-33(15-19-37-11-5-9-35-7-1-3-13-41(35)37)17-23-43(39)47(45)48-44-24-18-34(32-40(44)22-26-46(48)52-30-28-50)16-20-38-12-6-10-36-8-2-4-14-42(36)38/h1-14,17-18,21-26,31-32,49-50H,27-30H2. The van der Waals surface area contributed by atoms with Crippen molar-refractivity contribution >= 4 is 43.1 Å². The molecule has 2 N–H and O–H groups in total. The number of rotatable bonds is 7. The van der Waals surface area contributed by atoms with Gasteiger partial charge in [-0.3, -0.25) is 0 Å². The van der Waals surface area contributed by atoms with Crippen LogP contribution in [-0.2, 0) is 0 Å². The first-order valence-corrected chi connectivity index (χ1v) is 17.3. The predicted molar refractivity (Wildman–Crippen MR) is 212 cm³/mol. The summed E-state index contributed by atoms with van der Waals surface area (Å²) in [6.45, 7) is 0.0296. The molecule has 0 aliphatic rings. The molecule has 8 aromatic rings. The van der Waals surface area contributed by atoms with Crippen LogP contribution in [0.25, 0.3) is 54.2 Å². The van der Waals surface area contributed by atoms with E-state index in [-0.39, 0.29) is 26.4 Å². The molecule has 0 aliphatic carbocycles. The minimum atomic E-state index is -0.123. The molecule has 8 rings (SSSR count). The fraction of sp³-hybridized carbons (Fsp3) is 0.0833. The van der Waals surface area contributed by atoms with Gasteiger partial charge in [-0.25, -0.2) is 0 Å². The monoisotopic (exact) mass is 674 g/mol. The van der Waals surface area contributed by atoms with E-state index in [9.17, 15) is 10.2 Å². The summed E-state index contributed by atoms with van der Waals surface area (Å²) in [6.07, 6.45) is 0. The highest BCUT2D eigenvalue weighted by molar-refractivity contribution is 6.10. The average molecular weight is 675 g/mol. The third-order valence-corrected chi connectivity index (χ3v) is 9.17. The van der Waals surface area contributed by atoms with E-state index in [2.05, 4.69) is 84.3 Å². The number of aliphatic hydroxyl groups is 2. The summed E-state index contributed by atoms with van der Waals surface area (Å²) in [5.41, 5.74) is 5.42. The first-order valence-electron chi connectivity index (χ1n) is 17.3. The third-order valence-electron chi connectivity index (χ3n) is 9.17. The highest BCUT2D eigenvalue weighted by Gasteiger charge is 2.20. The van der Waals surface area contributed by atoms with E-state index in [0.29, 0.717) is 11.5 Å². The number of benzene rings is 8. The van der Waals surface area contributed by atoms with Crippen LogP contribution >= 0.6 is 0 Å². The lowest BCUT2D eigenvalue weighted by atomic mass is 9.91. The number of hydrogen-bond donors (Lipinski definition) is 2. The van der Waals surface area contributed by atoms with Crippen molar-refractivity contribution in [1.82, 2.24) is 0 Å². The Labute approximate surface area is 302 Å². The second-order valence-corrected chi connectivity index (χ2v) is 12.4. The maximum atomic E-state index is 9.72. The Hall–Kier alpha value is -6.56. The summed E-state index contributed by atoms with van der Waals surface area (Å²) >= 11 is 0. The van der Waals surface area contributed by atoms with Crippen molar-refractivity contribution in [2.24, 2.45) is 0 Å². The zero-order valence-electron chi connectivity index (χ0n) is 28.4. The molecule has 0 saturated carbocycles. The van der Waals surface area contributed by atoms with E-state index >= 15 is 0 Å². The molecule has 0 amide bonds. The molecule has 0 spiro atoms. The van der Waals surface area contributed by atoms with E-state index < -0.39 is 0 Å². The minimum absolute atomic E-state index is 0.123. The van der Waals surface area contributed by atoms with Gasteiger partial charge in [0.1, 0.15) is 24.7 Å². The van der Waals surface area contributed by atoms with Gasteiger partial charge in [0.15, 0.2) is 0 Å². The second-order valence-electron chi connectivity index (χ2n) is 12.4. The van der Waals surface area contributed by atoms with Crippen molar-refractivity contribution < 1.29 is 19.7 Å². The van der Waals surface area contributed by atoms with Gasteiger partial charge in [-0.1, -0.05) is 121 Å². The lowest BCUT2D eigenvalue weighted by Gasteiger charge is -2.19. The quantitative estimate of drug-likeness (QED) is 0.165. The van der Waals surface area contributed by atoms with Gasteiger partial charge >= 0.3 is 0 Å². The molecule has 4 heteroatoms. The minimum Gasteiger partial charge on any atom is -0.491 e. The summed E-state index contributed by atoms with van der Waals surface area (Å²) in [5.74, 6) is 14.8. The van der Waals surface area contributed by atoms with Crippen LogP contribution in [0.15, 0.2) is 146 Å². The third kappa shape index (κ3) is 6.53. The molecule has 0 aromatic heterocycles. The molecule has 250 valence electrons. The number of hydrogen-bond acceptors (Lipinski definition) is 4. The average Bonchev–Trinajstić information content (AvgIpc) is 3.20. The van der Waals surface area contributed by atoms with Gasteiger partial charge in [0, 0.05) is 33.4 Å². The van der Waals surface area contributed by atoms with Crippen molar-refractivity contribution in [2.45, 2.75) is 0 Å². The summed E-state index contributed by atoms with van der Waals surface area (Å²) in [6, 6.07) is 49.2. The van der Waals surface area contributed by atoms with E-state index in [4.69, 9.17) is 9.47 Å². The van der Waals surface area contributed by atoms with Crippen molar-refractivity contribution in [3.63, 3.8) is 0 Å². The molecule has 0 fully saturated rings. The zero-order chi connectivity index (χ0) is 35.3. The van der Waals surface area contributed by atoms with Crippen LogP contribution in [-0.4, -0.2) is 36.6 Å². The Morgan fingerprint density at radius 1 is 0.385 bits per heavy atom. The number of aliphatic hydroxyl groups excluding tert-OH is 2. The van der Waals surface area contributed by atoms with Crippen LogP contribution in [0, 0.1) is 23.7 Å². The highest BCUT2D eigenvalue weighted by atomic mass is 16.5. The smallest absolute Gasteiger partial charge is 0.128 e. The molecule has 4 nitrogen and oxygen atoms in total. The molecule has 0 bridgehead atoms. The number of fused-ring (bicyclic) bond motifs is 4. The van der Waals surface area contributed by atoms with Crippen molar-refractivity contribution in [3.8, 4) is 46.3 Å². The van der Waals surface area contributed by atoms with Gasteiger partial charge in [0.05, 0.1) is 13.2 Å². The van der Waals surface area contributed by atoms with E-state index in [1.807, 2.05) is 84.9 Å². The molecule has 0 aliphatic heterocycles. The molecule has 0 unspecified atom stereocenters. The molecular formula is C48H34O4. The summed E-state index contributed by atoms with van der Waals surface area (Å²) in [4.78, 5) is 0. The first-order chi connectivity index (χ1) is 25.7. The Kier molecular flexibility index (Phi) is 9.25. The highest BCUT2D eigenvalue weighted by Crippen LogP contribution is 2.46. The summed E-state index contributed by atoms with van der Waals surface area (Å²) < 4.78 is 12.3. The normalized spacial score (nSPS) is 10.9. The molecule has 0 radical (unpaired) electrons. The molecular weight excluding hydrogens is 641 g/mol. The van der Waals surface area contributed by atoms with Crippen molar-refractivity contribution in [2.75, 3.05) is 26.4 Å². The van der Waals surface area contributed by atoms with E-state index in [0.717, 1.165) is 76.5 Å². The maximum Gasteiger partial charge on any atom is 0.128 e. The van der Waals surface area contributed by atoms with E-state index in [1.54, 1.807) is 0 Å². The van der Waals surface area contributed by atoms with Crippen LogP contribution in [0.2, 0.25) is 0 Å². The first kappa shape index (κ1) is 32.6. The van der Waals surface area contributed by atoms with Gasteiger partial charge in [-0.2, -0.15) is 0 Å². The molecule has 0 heterocycles. The Bertz CT molecular complexity index is 2540. The van der Waals surface area contributed by atoms with Crippen LogP contribution in [0.3, 0.4) is 0 Å². The van der Waals surface area contributed by atoms with E-state index in [1.165, 1.54) is 0 Å². The van der Waals surface area contributed by atoms with Gasteiger partial charge in [-0.05, 0) is 91.6 Å². The molecule has 0 saturated heterocycles. The van der Waals surface area contributed by atoms with Crippen LogP contribution in [0.4, 0.5) is 0 Å². The number of ether oxygens (including phenoxy) is 2. The maximum absolute atomic E-state index is 9.72. The zero-order valence-corrected chi connectivity index (χ0v) is 28.4. The van der Waals surface area contributed by atoms with Gasteiger partial charge < -0.3 is 19.7 Å². The largest absolute Gasteiger partial charge is 0.491 e. The van der Waals surface area contributed by atoms with Gasteiger partial charge in [-0.15, -0.1) is 0 Å². The Balaban J connectivity index is 1.26. The van der Waals surface area contributed by atoms with Crippen molar-refractivity contribution in [3.05, 3.63) is 168 Å². The lowest BCUT2D eigenvalue weighted by molar-refractivity contribution is 0.200. The Morgan fingerprint density at radius 2 is 0.827 bits per heavy atom. The Morgan fingerprint density at radius 3 is 1.29 bits per heavy atom. The fourth-order valence-electron chi connectivity index (χ4n) is 6.79. The van der Waals surface area contributed by atoms with Crippen LogP contribution in [0.1, 0.15) is 22.3 Å². The molecule has 52 heavy (non-hydrogen) atoms. The molecule has 0 atom stereocenters. The van der Waals surface area contributed by atoms with Crippen LogP contribution < -0.4 is 9.47 Å². The predicted octanol–water partition coefficient (Wildman–Crippen LogP) is 9.51. The summed E-state index contributed by atoms with van der Waals surface area (Å²) in [5, 5.41) is 27.9.